The second kappa shape index (κ2) is 6.56. The highest BCUT2D eigenvalue weighted by Crippen LogP contribution is 2.27. The number of hydrogen-bond acceptors (Lipinski definition) is 4. The summed E-state index contributed by atoms with van der Waals surface area (Å²) in [4.78, 5) is -0.0393. The van der Waals surface area contributed by atoms with Crippen LogP contribution in [0.25, 0.3) is 0 Å². The van der Waals surface area contributed by atoms with Gasteiger partial charge in [0.1, 0.15) is 0 Å². The molecule has 2 N–H and O–H groups in total. The van der Waals surface area contributed by atoms with E-state index in [2.05, 4.69) is 9.44 Å². The largest absolute Gasteiger partial charge is 0.284 e. The summed E-state index contributed by atoms with van der Waals surface area (Å²) in [5.41, 5.74) is 0.449. The van der Waals surface area contributed by atoms with Crippen molar-refractivity contribution < 1.29 is 16.8 Å². The summed E-state index contributed by atoms with van der Waals surface area (Å²) in [6.07, 6.45) is 1.00. The average Bonchev–Trinajstić information content (AvgIpc) is 2.41. The van der Waals surface area contributed by atoms with E-state index in [-0.39, 0.29) is 21.3 Å². The van der Waals surface area contributed by atoms with E-state index in [4.69, 9.17) is 23.2 Å². The zero-order valence-corrected chi connectivity index (χ0v) is 14.9. The lowest BCUT2D eigenvalue weighted by atomic mass is 10.3. The summed E-state index contributed by atoms with van der Waals surface area (Å²) in [5, 5.41) is 0.547. The lowest BCUT2D eigenvalue weighted by Gasteiger charge is -2.10. The van der Waals surface area contributed by atoms with Crippen LogP contribution in [0.3, 0.4) is 0 Å². The van der Waals surface area contributed by atoms with E-state index in [9.17, 15) is 16.8 Å². The van der Waals surface area contributed by atoms with Gasteiger partial charge in [0.2, 0.25) is 10.0 Å². The highest BCUT2D eigenvalue weighted by atomic mass is 35.5. The monoisotopic (exact) mass is 394 g/mol. The van der Waals surface area contributed by atoms with Crippen LogP contribution < -0.4 is 9.44 Å². The Hall–Kier alpha value is -1.48. The predicted molar refractivity (Wildman–Crippen MR) is 92.2 cm³/mol. The fourth-order valence-corrected chi connectivity index (χ4v) is 3.85. The topological polar surface area (TPSA) is 92.3 Å². The summed E-state index contributed by atoms with van der Waals surface area (Å²) in [7, 11) is -7.29. The Morgan fingerprint density at radius 3 is 2.00 bits per heavy atom. The molecule has 23 heavy (non-hydrogen) atoms. The number of hydrogen-bond donors (Lipinski definition) is 2. The number of nitrogens with one attached hydrogen (secondary N) is 2. The second-order valence-corrected chi connectivity index (χ2v) is 8.90. The van der Waals surface area contributed by atoms with Crippen molar-refractivity contribution in [3.63, 3.8) is 0 Å². The number of sulfonamides is 2. The van der Waals surface area contributed by atoms with Gasteiger partial charge in [-0.15, -0.1) is 0 Å². The molecule has 0 unspecified atom stereocenters. The molecule has 0 aromatic heterocycles. The molecular formula is C13H12Cl2N2O4S2. The van der Waals surface area contributed by atoms with Crippen LogP contribution in [0.5, 0.6) is 0 Å². The molecule has 0 amide bonds. The fourth-order valence-electron chi connectivity index (χ4n) is 1.69. The second-order valence-electron chi connectivity index (χ2n) is 4.63. The Labute approximate surface area is 144 Å². The molecule has 0 saturated heterocycles. The van der Waals surface area contributed by atoms with Gasteiger partial charge < -0.3 is 0 Å². The van der Waals surface area contributed by atoms with Gasteiger partial charge in [0.25, 0.3) is 10.0 Å². The summed E-state index contributed by atoms with van der Waals surface area (Å²) in [6.45, 7) is 0. The molecule has 2 rings (SSSR count). The molecule has 0 heterocycles. The van der Waals surface area contributed by atoms with E-state index >= 15 is 0 Å². The Bertz CT molecular complexity index is 927. The lowest BCUT2D eigenvalue weighted by Crippen LogP contribution is -2.14. The van der Waals surface area contributed by atoms with Crippen molar-refractivity contribution in [1.82, 2.24) is 0 Å². The summed E-state index contributed by atoms with van der Waals surface area (Å²) in [5.74, 6) is 0. The lowest BCUT2D eigenvalue weighted by molar-refractivity contribution is 0.601. The zero-order valence-electron chi connectivity index (χ0n) is 11.7. The van der Waals surface area contributed by atoms with Crippen LogP contribution in [0.2, 0.25) is 10.0 Å². The van der Waals surface area contributed by atoms with Gasteiger partial charge in [-0.25, -0.2) is 16.8 Å². The van der Waals surface area contributed by atoms with E-state index in [0.717, 1.165) is 6.26 Å². The summed E-state index contributed by atoms with van der Waals surface area (Å²) < 4.78 is 51.4. The Morgan fingerprint density at radius 1 is 0.870 bits per heavy atom. The van der Waals surface area contributed by atoms with Crippen molar-refractivity contribution in [3.05, 3.63) is 52.5 Å². The molecule has 0 spiro atoms. The minimum absolute atomic E-state index is 0.0393. The number of benzene rings is 2. The van der Waals surface area contributed by atoms with Crippen LogP contribution in [0.4, 0.5) is 11.4 Å². The fraction of sp³-hybridized carbons (Fsp3) is 0.0769. The molecule has 124 valence electrons. The first-order valence-corrected chi connectivity index (χ1v) is 10.3. The maximum atomic E-state index is 12.3. The zero-order chi connectivity index (χ0) is 17.3. The van der Waals surface area contributed by atoms with Gasteiger partial charge in [-0.2, -0.15) is 0 Å². The van der Waals surface area contributed by atoms with Crippen molar-refractivity contribution in [2.45, 2.75) is 4.90 Å². The third kappa shape index (κ3) is 5.00. The van der Waals surface area contributed by atoms with Gasteiger partial charge in [-0.1, -0.05) is 23.2 Å². The number of anilines is 2. The van der Waals surface area contributed by atoms with Gasteiger partial charge in [-0.05, 0) is 42.5 Å². The molecule has 2 aromatic carbocycles. The van der Waals surface area contributed by atoms with E-state index in [1.165, 1.54) is 42.5 Å². The normalized spacial score (nSPS) is 12.0. The van der Waals surface area contributed by atoms with Crippen molar-refractivity contribution in [2.75, 3.05) is 15.7 Å². The molecular weight excluding hydrogens is 383 g/mol. The van der Waals surface area contributed by atoms with Crippen molar-refractivity contribution in [2.24, 2.45) is 0 Å². The molecule has 0 aliphatic carbocycles. The molecule has 0 aliphatic rings. The van der Waals surface area contributed by atoms with Gasteiger partial charge in [-0.3, -0.25) is 9.44 Å². The molecule has 0 radical (unpaired) electrons. The predicted octanol–water partition coefficient (Wildman–Crippen LogP) is 3.17. The molecule has 0 fully saturated rings. The highest BCUT2D eigenvalue weighted by Gasteiger charge is 2.16. The van der Waals surface area contributed by atoms with Crippen LogP contribution in [0, 0.1) is 0 Å². The molecule has 6 nitrogen and oxygen atoms in total. The van der Waals surface area contributed by atoms with E-state index < -0.39 is 20.0 Å². The summed E-state index contributed by atoms with van der Waals surface area (Å²) in [6, 6.07) is 9.61. The quantitative estimate of drug-likeness (QED) is 0.814. The van der Waals surface area contributed by atoms with Crippen molar-refractivity contribution in [3.8, 4) is 0 Å². The molecule has 0 bridgehead atoms. The van der Waals surface area contributed by atoms with Gasteiger partial charge in [0.15, 0.2) is 0 Å². The van der Waals surface area contributed by atoms with Crippen molar-refractivity contribution in [1.29, 1.82) is 0 Å². The van der Waals surface area contributed by atoms with Crippen LogP contribution in [-0.2, 0) is 20.0 Å². The maximum absolute atomic E-state index is 12.3. The summed E-state index contributed by atoms with van der Waals surface area (Å²) >= 11 is 11.7. The number of halogens is 2. The van der Waals surface area contributed by atoms with Crippen LogP contribution >= 0.6 is 23.2 Å². The van der Waals surface area contributed by atoms with Crippen LogP contribution in [-0.4, -0.2) is 23.1 Å². The molecule has 0 aliphatic heterocycles. The van der Waals surface area contributed by atoms with Gasteiger partial charge >= 0.3 is 0 Å². The smallest absolute Gasteiger partial charge is 0.261 e. The SMILES string of the molecule is CS(=O)(=O)Nc1ccc(S(=O)(=O)Nc2ccc(Cl)cc2Cl)cc1. The first-order valence-electron chi connectivity index (χ1n) is 6.12. The first-order chi connectivity index (χ1) is 10.6. The van der Waals surface area contributed by atoms with Gasteiger partial charge in [0, 0.05) is 10.7 Å². The number of rotatable bonds is 5. The molecule has 2 aromatic rings. The van der Waals surface area contributed by atoms with Gasteiger partial charge in [0.05, 0.1) is 21.9 Å². The minimum atomic E-state index is -3.86. The molecule has 10 heteroatoms. The van der Waals surface area contributed by atoms with E-state index in [0.29, 0.717) is 5.02 Å². The maximum Gasteiger partial charge on any atom is 0.261 e. The Balaban J connectivity index is 2.26. The molecule has 0 saturated carbocycles. The Morgan fingerprint density at radius 2 is 1.48 bits per heavy atom. The van der Waals surface area contributed by atoms with Crippen molar-refractivity contribution >= 4 is 54.6 Å². The standard InChI is InChI=1S/C13H12Cl2N2O4S2/c1-22(18,19)16-10-3-5-11(6-4-10)23(20,21)17-13-7-2-9(14)8-12(13)15/h2-8,16-17H,1H3. The van der Waals surface area contributed by atoms with E-state index in [1.807, 2.05) is 0 Å². The highest BCUT2D eigenvalue weighted by molar-refractivity contribution is 7.92. The van der Waals surface area contributed by atoms with E-state index in [1.54, 1.807) is 0 Å². The van der Waals surface area contributed by atoms with Crippen LogP contribution in [0.15, 0.2) is 47.4 Å². The third-order valence-corrected chi connectivity index (χ3v) is 5.18. The Kier molecular flexibility index (Phi) is 5.10. The third-order valence-electron chi connectivity index (χ3n) is 2.64. The van der Waals surface area contributed by atoms with Crippen LogP contribution in [0.1, 0.15) is 0 Å². The first kappa shape index (κ1) is 17.9. The minimum Gasteiger partial charge on any atom is -0.284 e. The molecule has 0 atom stereocenters. The average molecular weight is 395 g/mol.